The summed E-state index contributed by atoms with van der Waals surface area (Å²) < 4.78 is 1.96. The van der Waals surface area contributed by atoms with Crippen molar-refractivity contribution in [3.8, 4) is 5.69 Å². The molecule has 3 aromatic rings. The van der Waals surface area contributed by atoms with Gasteiger partial charge in [0.2, 0.25) is 0 Å². The number of hydrogen-bond acceptors (Lipinski definition) is 5. The van der Waals surface area contributed by atoms with Crippen LogP contribution in [0.15, 0.2) is 55.4 Å². The van der Waals surface area contributed by atoms with E-state index in [9.17, 15) is 4.79 Å². The molecule has 1 aromatic carbocycles. The van der Waals surface area contributed by atoms with Crippen LogP contribution in [0.2, 0.25) is 0 Å². The summed E-state index contributed by atoms with van der Waals surface area (Å²) >= 11 is 0. The van der Waals surface area contributed by atoms with Crippen molar-refractivity contribution >= 4 is 5.91 Å². The van der Waals surface area contributed by atoms with Crippen molar-refractivity contribution in [2.24, 2.45) is 0 Å². The van der Waals surface area contributed by atoms with Gasteiger partial charge in [-0.1, -0.05) is 18.2 Å². The Morgan fingerprint density at radius 3 is 2.68 bits per heavy atom. The Hall–Kier alpha value is -3.09. The van der Waals surface area contributed by atoms with Crippen molar-refractivity contribution < 1.29 is 4.79 Å². The first-order valence-electron chi connectivity index (χ1n) is 8.36. The minimum absolute atomic E-state index is 0.0621. The third-order valence-electron chi connectivity index (χ3n) is 4.48. The predicted octanol–water partition coefficient (Wildman–Crippen LogP) is 2.42. The Balaban J connectivity index is 1.69. The molecule has 0 N–H and O–H groups in total. The number of carbonyl (C=O) groups is 1. The van der Waals surface area contributed by atoms with E-state index in [1.165, 1.54) is 6.33 Å². The Morgan fingerprint density at radius 1 is 1.08 bits per heavy atom. The van der Waals surface area contributed by atoms with Gasteiger partial charge < -0.3 is 4.90 Å². The molecule has 4 rings (SSSR count). The topological polar surface area (TPSA) is 76.8 Å². The molecule has 0 spiro atoms. The SMILES string of the molecule is O=C(c1cncnc1)N1CCCCC1c1nncn1-c1ccccc1. The molecule has 1 unspecified atom stereocenters. The highest BCUT2D eigenvalue weighted by Crippen LogP contribution is 2.31. The standard InChI is InChI=1S/C18H18N6O/c25-18(14-10-19-12-20-11-14)23-9-5-4-8-16(23)17-22-21-13-24(17)15-6-2-1-3-7-15/h1-3,6-7,10-13,16H,4-5,8-9H2. The van der Waals surface area contributed by atoms with Gasteiger partial charge in [0.25, 0.3) is 5.91 Å². The van der Waals surface area contributed by atoms with Crippen molar-refractivity contribution in [1.29, 1.82) is 0 Å². The highest BCUT2D eigenvalue weighted by atomic mass is 16.2. The lowest BCUT2D eigenvalue weighted by Crippen LogP contribution is -2.39. The van der Waals surface area contributed by atoms with E-state index in [0.717, 1.165) is 30.8 Å². The number of carbonyl (C=O) groups excluding carboxylic acids is 1. The monoisotopic (exact) mass is 334 g/mol. The average Bonchev–Trinajstić information content (AvgIpc) is 3.18. The van der Waals surface area contributed by atoms with E-state index in [0.29, 0.717) is 12.1 Å². The lowest BCUT2D eigenvalue weighted by molar-refractivity contribution is 0.0596. The molecule has 25 heavy (non-hydrogen) atoms. The van der Waals surface area contributed by atoms with Crippen LogP contribution >= 0.6 is 0 Å². The van der Waals surface area contributed by atoms with Gasteiger partial charge in [-0.25, -0.2) is 9.97 Å². The van der Waals surface area contributed by atoms with E-state index >= 15 is 0 Å². The van der Waals surface area contributed by atoms with Gasteiger partial charge in [-0.3, -0.25) is 9.36 Å². The summed E-state index contributed by atoms with van der Waals surface area (Å²) in [5, 5.41) is 8.42. The molecule has 1 amide bonds. The van der Waals surface area contributed by atoms with Crippen molar-refractivity contribution in [3.63, 3.8) is 0 Å². The first-order chi connectivity index (χ1) is 12.3. The van der Waals surface area contributed by atoms with Gasteiger partial charge in [0, 0.05) is 24.6 Å². The molecule has 7 heteroatoms. The van der Waals surface area contributed by atoms with E-state index in [4.69, 9.17) is 0 Å². The Morgan fingerprint density at radius 2 is 1.88 bits per heavy atom. The molecule has 1 aliphatic rings. The minimum atomic E-state index is -0.107. The molecule has 2 aromatic heterocycles. The number of nitrogens with zero attached hydrogens (tertiary/aromatic N) is 6. The molecule has 7 nitrogen and oxygen atoms in total. The van der Waals surface area contributed by atoms with E-state index in [1.807, 2.05) is 39.8 Å². The van der Waals surface area contributed by atoms with Gasteiger partial charge >= 0.3 is 0 Å². The fraction of sp³-hybridized carbons (Fsp3) is 0.278. The maximum atomic E-state index is 12.9. The molecule has 0 radical (unpaired) electrons. The number of piperidine rings is 1. The maximum Gasteiger partial charge on any atom is 0.257 e. The summed E-state index contributed by atoms with van der Waals surface area (Å²) in [6, 6.07) is 9.83. The van der Waals surface area contributed by atoms with E-state index in [-0.39, 0.29) is 11.9 Å². The van der Waals surface area contributed by atoms with Gasteiger partial charge in [0.1, 0.15) is 12.7 Å². The largest absolute Gasteiger partial charge is 0.328 e. The van der Waals surface area contributed by atoms with Crippen LogP contribution in [-0.2, 0) is 0 Å². The van der Waals surface area contributed by atoms with Crippen molar-refractivity contribution in [2.75, 3.05) is 6.54 Å². The smallest absolute Gasteiger partial charge is 0.257 e. The zero-order chi connectivity index (χ0) is 17.1. The number of para-hydroxylation sites is 1. The summed E-state index contributed by atoms with van der Waals surface area (Å²) in [6.45, 7) is 0.694. The number of likely N-dealkylation sites (tertiary alicyclic amines) is 1. The van der Waals surface area contributed by atoms with Crippen LogP contribution < -0.4 is 0 Å². The number of rotatable bonds is 3. The molecule has 0 aliphatic carbocycles. The minimum Gasteiger partial charge on any atom is -0.328 e. The first-order valence-corrected chi connectivity index (χ1v) is 8.36. The summed E-state index contributed by atoms with van der Waals surface area (Å²) in [5.41, 5.74) is 1.49. The second-order valence-corrected chi connectivity index (χ2v) is 6.03. The van der Waals surface area contributed by atoms with Crippen LogP contribution in [0.4, 0.5) is 0 Å². The van der Waals surface area contributed by atoms with Gasteiger partial charge in [-0.15, -0.1) is 10.2 Å². The number of hydrogen-bond donors (Lipinski definition) is 0. The van der Waals surface area contributed by atoms with E-state index < -0.39 is 0 Å². The fourth-order valence-corrected chi connectivity index (χ4v) is 3.28. The first kappa shape index (κ1) is 15.4. The fourth-order valence-electron chi connectivity index (χ4n) is 3.28. The van der Waals surface area contributed by atoms with Gasteiger partial charge in [-0.2, -0.15) is 0 Å². The Labute approximate surface area is 145 Å². The van der Waals surface area contributed by atoms with Gasteiger partial charge in [0.05, 0.1) is 11.6 Å². The van der Waals surface area contributed by atoms with E-state index in [2.05, 4.69) is 20.2 Å². The molecule has 0 bridgehead atoms. The van der Waals surface area contributed by atoms with Crippen LogP contribution in [0.25, 0.3) is 5.69 Å². The van der Waals surface area contributed by atoms with Crippen LogP contribution in [0.1, 0.15) is 41.5 Å². The molecular weight excluding hydrogens is 316 g/mol. The predicted molar refractivity (Wildman–Crippen MR) is 91.0 cm³/mol. The molecule has 0 saturated carbocycles. The van der Waals surface area contributed by atoms with Gasteiger partial charge in [-0.05, 0) is 31.4 Å². The number of benzene rings is 1. The Kier molecular flexibility index (Phi) is 4.20. The number of amides is 1. The molecular formula is C18H18N6O. The van der Waals surface area contributed by atoms with Crippen molar-refractivity contribution in [2.45, 2.75) is 25.3 Å². The van der Waals surface area contributed by atoms with Crippen molar-refractivity contribution in [3.05, 3.63) is 66.8 Å². The molecule has 1 atom stereocenters. The summed E-state index contributed by atoms with van der Waals surface area (Å²) in [5.74, 6) is 0.726. The van der Waals surface area contributed by atoms with Crippen LogP contribution in [0.3, 0.4) is 0 Å². The summed E-state index contributed by atoms with van der Waals surface area (Å²) in [7, 11) is 0. The summed E-state index contributed by atoms with van der Waals surface area (Å²) in [4.78, 5) is 22.7. The normalized spacial score (nSPS) is 17.4. The van der Waals surface area contributed by atoms with E-state index in [1.54, 1.807) is 18.7 Å². The third-order valence-corrected chi connectivity index (χ3v) is 4.48. The van der Waals surface area contributed by atoms with Crippen molar-refractivity contribution in [1.82, 2.24) is 29.6 Å². The van der Waals surface area contributed by atoms with Gasteiger partial charge in [0.15, 0.2) is 5.82 Å². The highest BCUT2D eigenvalue weighted by molar-refractivity contribution is 5.93. The molecule has 1 aliphatic heterocycles. The molecule has 126 valence electrons. The number of aromatic nitrogens is 5. The molecule has 1 fully saturated rings. The van der Waals surface area contributed by atoms with Crippen LogP contribution in [0, 0.1) is 0 Å². The zero-order valence-electron chi connectivity index (χ0n) is 13.7. The Bertz CT molecular complexity index is 848. The zero-order valence-corrected chi connectivity index (χ0v) is 13.7. The second kappa shape index (κ2) is 6.80. The summed E-state index contributed by atoms with van der Waals surface area (Å²) in [6.07, 6.45) is 9.15. The molecule has 3 heterocycles. The third kappa shape index (κ3) is 3.00. The maximum absolute atomic E-state index is 12.9. The van der Waals surface area contributed by atoms with Crippen LogP contribution in [-0.4, -0.2) is 42.1 Å². The lowest BCUT2D eigenvalue weighted by Gasteiger charge is -2.35. The highest BCUT2D eigenvalue weighted by Gasteiger charge is 2.32. The lowest BCUT2D eigenvalue weighted by atomic mass is 10.0. The quantitative estimate of drug-likeness (QED) is 0.735. The second-order valence-electron chi connectivity index (χ2n) is 6.03. The molecule has 1 saturated heterocycles. The average molecular weight is 334 g/mol. The van der Waals surface area contributed by atoms with Crippen LogP contribution in [0.5, 0.6) is 0 Å².